The average Bonchev–Trinajstić information content (AvgIpc) is 3.39. The predicted octanol–water partition coefficient (Wildman–Crippen LogP) is 3.77. The normalized spacial score (nSPS) is 15.8. The zero-order chi connectivity index (χ0) is 23.5. The molecule has 1 aromatic carbocycles. The molecule has 0 bridgehead atoms. The van der Waals surface area contributed by atoms with Crippen LogP contribution in [0.25, 0.3) is 10.2 Å². The Kier molecular flexibility index (Phi) is 6.94. The lowest BCUT2D eigenvalue weighted by atomic mass is 10.1. The maximum Gasteiger partial charge on any atom is 0.291 e. The molecule has 0 radical (unpaired) electrons. The van der Waals surface area contributed by atoms with E-state index in [4.69, 9.17) is 0 Å². The summed E-state index contributed by atoms with van der Waals surface area (Å²) in [6.07, 6.45) is 2.07. The van der Waals surface area contributed by atoms with Crippen molar-refractivity contribution in [3.8, 4) is 0 Å². The summed E-state index contributed by atoms with van der Waals surface area (Å²) in [5, 5.41) is 2.18. The van der Waals surface area contributed by atoms with E-state index in [0.29, 0.717) is 27.7 Å². The first-order valence-corrected chi connectivity index (χ1v) is 12.3. The van der Waals surface area contributed by atoms with Crippen LogP contribution in [0.15, 0.2) is 57.3 Å². The quantitative estimate of drug-likeness (QED) is 0.312. The van der Waals surface area contributed by atoms with Crippen molar-refractivity contribution in [1.82, 2.24) is 14.6 Å². The number of amides is 2. The van der Waals surface area contributed by atoms with E-state index in [0.717, 1.165) is 11.1 Å². The Morgan fingerprint density at radius 3 is 2.76 bits per heavy atom. The molecule has 7 nitrogen and oxygen atoms in total. The highest BCUT2D eigenvalue weighted by Crippen LogP contribution is 2.23. The van der Waals surface area contributed by atoms with Gasteiger partial charge in [0.2, 0.25) is 11.8 Å². The Hall–Kier alpha value is -2.98. The Balaban J connectivity index is 1.51. The fourth-order valence-electron chi connectivity index (χ4n) is 3.48. The largest absolute Gasteiger partial charge is 0.338 e. The molecule has 1 fully saturated rings. The molecule has 2 aromatic heterocycles. The molecule has 1 aliphatic heterocycles. The molecular formula is C23H23FN4O3S2. The number of halogens is 1. The number of rotatable bonds is 7. The van der Waals surface area contributed by atoms with Crippen molar-refractivity contribution in [3.05, 3.63) is 69.1 Å². The summed E-state index contributed by atoms with van der Waals surface area (Å²) in [4.78, 5) is 44.7. The fourth-order valence-corrected chi connectivity index (χ4v) is 5.23. The predicted molar refractivity (Wildman–Crippen MR) is 128 cm³/mol. The lowest BCUT2D eigenvalue weighted by Crippen LogP contribution is -2.38. The maximum atomic E-state index is 13.1. The summed E-state index contributed by atoms with van der Waals surface area (Å²) in [5.41, 5.74) is 4.88. The molecular weight excluding hydrogens is 463 g/mol. The summed E-state index contributed by atoms with van der Waals surface area (Å²) >= 11 is 2.62. The van der Waals surface area contributed by atoms with Gasteiger partial charge in [0.25, 0.3) is 5.56 Å². The van der Waals surface area contributed by atoms with Gasteiger partial charge in [-0.05, 0) is 43.0 Å². The van der Waals surface area contributed by atoms with Crippen molar-refractivity contribution in [2.45, 2.75) is 32.0 Å². The Morgan fingerprint density at radius 1 is 1.27 bits per heavy atom. The van der Waals surface area contributed by atoms with Crippen LogP contribution in [-0.2, 0) is 16.1 Å². The highest BCUT2D eigenvalue weighted by atomic mass is 32.2. The average molecular weight is 487 g/mol. The summed E-state index contributed by atoms with van der Waals surface area (Å²) in [7, 11) is 0. The third-order valence-corrected chi connectivity index (χ3v) is 7.00. The van der Waals surface area contributed by atoms with Crippen LogP contribution in [0.3, 0.4) is 0 Å². The van der Waals surface area contributed by atoms with E-state index in [2.05, 4.69) is 10.4 Å². The maximum absolute atomic E-state index is 13.1. The third-order valence-electron chi connectivity index (χ3n) is 5.25. The van der Waals surface area contributed by atoms with Gasteiger partial charge >= 0.3 is 0 Å². The van der Waals surface area contributed by atoms with Crippen LogP contribution in [0.4, 0.5) is 4.39 Å². The number of fused-ring (bicyclic) bond motifs is 1. The first-order valence-electron chi connectivity index (χ1n) is 10.4. The fraction of sp³-hybridized carbons (Fsp3) is 0.304. The highest BCUT2D eigenvalue weighted by Gasteiger charge is 2.35. The molecule has 0 saturated carbocycles. The van der Waals surface area contributed by atoms with Gasteiger partial charge in [-0.25, -0.2) is 9.37 Å². The molecule has 10 heteroatoms. The molecule has 1 N–H and O–H groups in total. The van der Waals surface area contributed by atoms with Crippen molar-refractivity contribution in [2.75, 3.05) is 17.7 Å². The number of hydrogen-bond acceptors (Lipinski definition) is 6. The minimum absolute atomic E-state index is 0.0523. The number of nitrogens with one attached hydrogen (secondary N) is 1. The lowest BCUT2D eigenvalue weighted by molar-refractivity contribution is -0.128. The van der Waals surface area contributed by atoms with E-state index in [9.17, 15) is 18.8 Å². The molecule has 3 aromatic rings. The van der Waals surface area contributed by atoms with E-state index in [1.807, 2.05) is 19.9 Å². The van der Waals surface area contributed by atoms with Crippen molar-refractivity contribution in [3.63, 3.8) is 0 Å². The summed E-state index contributed by atoms with van der Waals surface area (Å²) in [5.74, 6) is -0.901. The molecule has 1 aliphatic rings. The van der Waals surface area contributed by atoms with Gasteiger partial charge in [-0.1, -0.05) is 35.5 Å². The van der Waals surface area contributed by atoms with Gasteiger partial charge in [0.05, 0.1) is 11.4 Å². The van der Waals surface area contributed by atoms with Gasteiger partial charge < -0.3 is 4.90 Å². The number of hydrogen-bond donors (Lipinski definition) is 1. The van der Waals surface area contributed by atoms with Crippen molar-refractivity contribution in [1.29, 1.82) is 0 Å². The zero-order valence-electron chi connectivity index (χ0n) is 18.2. The van der Waals surface area contributed by atoms with Gasteiger partial charge in [-0.2, -0.15) is 4.68 Å². The van der Waals surface area contributed by atoms with E-state index in [1.165, 1.54) is 39.9 Å². The number of thioether (sulfide) groups is 1. The van der Waals surface area contributed by atoms with Gasteiger partial charge in [0, 0.05) is 25.3 Å². The van der Waals surface area contributed by atoms with Crippen molar-refractivity contribution in [2.24, 2.45) is 5.92 Å². The molecule has 172 valence electrons. The van der Waals surface area contributed by atoms with E-state index >= 15 is 0 Å². The number of thiophene rings is 1. The number of carbonyl (C=O) groups is 2. The number of nitrogens with zero attached hydrogens (tertiary/aromatic N) is 3. The molecule has 0 spiro atoms. The van der Waals surface area contributed by atoms with Crippen LogP contribution in [0.1, 0.15) is 25.8 Å². The van der Waals surface area contributed by atoms with Crippen LogP contribution in [0.2, 0.25) is 0 Å². The summed E-state index contributed by atoms with van der Waals surface area (Å²) < 4.78 is 14.8. The van der Waals surface area contributed by atoms with Gasteiger partial charge in [-0.15, -0.1) is 11.3 Å². The Labute approximate surface area is 198 Å². The molecule has 33 heavy (non-hydrogen) atoms. The van der Waals surface area contributed by atoms with Crippen molar-refractivity contribution >= 4 is 45.1 Å². The third kappa shape index (κ3) is 5.33. The minimum Gasteiger partial charge on any atom is -0.338 e. The monoisotopic (exact) mass is 486 g/mol. The molecule has 1 saturated heterocycles. The number of allylic oxidation sites excluding steroid dienone is 1. The standard InChI is InChI=1S/C23H23FN4O3S2/c1-14(2)7-9-33-23-25-18-8-10-32-20(18)22(31)28(23)26-21(30)16-11-19(29)27(13-16)12-15-3-5-17(24)6-4-15/h3-8,10,16H,9,11-13H2,1-2H3,(H,26,30). The summed E-state index contributed by atoms with van der Waals surface area (Å²) in [6, 6.07) is 7.70. The van der Waals surface area contributed by atoms with E-state index < -0.39 is 11.8 Å². The number of carbonyl (C=O) groups excluding carboxylic acids is 2. The second kappa shape index (κ2) is 9.88. The Morgan fingerprint density at radius 2 is 2.03 bits per heavy atom. The van der Waals surface area contributed by atoms with Gasteiger partial charge in [-0.3, -0.25) is 19.8 Å². The van der Waals surface area contributed by atoms with Crippen LogP contribution in [-0.4, -0.2) is 38.7 Å². The van der Waals surface area contributed by atoms with Crippen molar-refractivity contribution < 1.29 is 14.0 Å². The van der Waals surface area contributed by atoms with Crippen LogP contribution >= 0.6 is 23.1 Å². The molecule has 2 amide bonds. The lowest BCUT2D eigenvalue weighted by Gasteiger charge is -2.17. The molecule has 1 unspecified atom stereocenters. The number of aromatic nitrogens is 2. The highest BCUT2D eigenvalue weighted by molar-refractivity contribution is 7.99. The molecule has 1 atom stereocenters. The summed E-state index contributed by atoms with van der Waals surface area (Å²) in [6.45, 7) is 4.50. The first-order chi connectivity index (χ1) is 15.8. The smallest absolute Gasteiger partial charge is 0.291 e. The SMILES string of the molecule is CC(C)=CCSc1nc2ccsc2c(=O)n1NC(=O)C1CC(=O)N(Cc2ccc(F)cc2)C1. The van der Waals surface area contributed by atoms with Gasteiger partial charge in [0.1, 0.15) is 10.5 Å². The Bertz CT molecular complexity index is 1280. The zero-order valence-corrected chi connectivity index (χ0v) is 19.8. The first kappa shape index (κ1) is 23.2. The number of likely N-dealkylation sites (tertiary alicyclic amines) is 1. The van der Waals surface area contributed by atoms with E-state index in [1.54, 1.807) is 28.5 Å². The van der Waals surface area contributed by atoms with Gasteiger partial charge in [0.15, 0.2) is 5.16 Å². The van der Waals surface area contributed by atoms with Crippen LogP contribution < -0.4 is 11.0 Å². The number of benzene rings is 1. The molecule has 3 heterocycles. The van der Waals surface area contributed by atoms with Crippen LogP contribution in [0, 0.1) is 11.7 Å². The molecule has 0 aliphatic carbocycles. The van der Waals surface area contributed by atoms with E-state index in [-0.39, 0.29) is 30.2 Å². The molecule has 4 rings (SSSR count). The second-order valence-corrected chi connectivity index (χ2v) is 9.94. The topological polar surface area (TPSA) is 84.3 Å². The van der Waals surface area contributed by atoms with Crippen LogP contribution in [0.5, 0.6) is 0 Å². The minimum atomic E-state index is -0.598. The second-order valence-electron chi connectivity index (χ2n) is 8.04.